The van der Waals surface area contributed by atoms with E-state index in [4.69, 9.17) is 10.2 Å². The quantitative estimate of drug-likeness (QED) is 0.384. The van der Waals surface area contributed by atoms with Gasteiger partial charge in [0, 0.05) is 22.0 Å². The van der Waals surface area contributed by atoms with Crippen molar-refractivity contribution in [1.29, 1.82) is 5.26 Å². The number of nitrogens with two attached hydrogens (primary N) is 1. The van der Waals surface area contributed by atoms with Crippen LogP contribution in [0.5, 0.6) is 0 Å². The van der Waals surface area contributed by atoms with Gasteiger partial charge in [-0.2, -0.15) is 5.26 Å². The topological polar surface area (TPSA) is 161 Å². The zero-order chi connectivity index (χ0) is 25.2. The minimum atomic E-state index is -3.54. The van der Waals surface area contributed by atoms with E-state index in [0.717, 1.165) is 17.7 Å². The summed E-state index contributed by atoms with van der Waals surface area (Å²) in [6, 6.07) is 14.0. The third-order valence-corrected chi connectivity index (χ3v) is 7.50. The predicted molar refractivity (Wildman–Crippen MR) is 137 cm³/mol. The summed E-state index contributed by atoms with van der Waals surface area (Å²) in [5.74, 6) is 0.443. The van der Waals surface area contributed by atoms with Crippen molar-refractivity contribution < 1.29 is 17.1 Å². The number of aromatic nitrogens is 4. The number of nitrogens with one attached hydrogen (secondary N) is 1. The van der Waals surface area contributed by atoms with E-state index in [0.29, 0.717) is 17.1 Å². The summed E-state index contributed by atoms with van der Waals surface area (Å²) in [6.07, 6.45) is 1.41. The van der Waals surface area contributed by atoms with Gasteiger partial charge in [0.1, 0.15) is 0 Å². The molecule has 184 valence electrons. The van der Waals surface area contributed by atoms with Crippen molar-refractivity contribution in [3.63, 3.8) is 0 Å². The highest BCUT2D eigenvalue weighted by Gasteiger charge is 2.22. The fraction of sp³-hybridized carbons (Fsp3) is 0.208. The molecular weight excluding hydrogens is 466 g/mol. The largest absolute Gasteiger partial charge is 0.414 e. The summed E-state index contributed by atoms with van der Waals surface area (Å²) in [4.78, 5) is 8.74. The standard InChI is InChI=1S/C24H23N7O3S.3H2/c1-14(2)35(32,33)18-8-9-19(17(10-18)11-25)20-13-28-22(26)21(29-20)24-31-30-23(34-24)16-6-4-15(5-7-16)12-27-3;;;/h4-10,13-14,27H,12H2,1-3H3,(H2,26,28);3*1H. The molecule has 2 aromatic carbocycles. The predicted octanol–water partition coefficient (Wildman–Crippen LogP) is 3.95. The van der Waals surface area contributed by atoms with Gasteiger partial charge < -0.3 is 15.5 Å². The Morgan fingerprint density at radius 2 is 1.86 bits per heavy atom. The lowest BCUT2D eigenvalue weighted by Gasteiger charge is -2.11. The molecule has 0 saturated heterocycles. The van der Waals surface area contributed by atoms with Crippen LogP contribution in [0.15, 0.2) is 58.0 Å². The second-order valence-electron chi connectivity index (χ2n) is 8.04. The van der Waals surface area contributed by atoms with Gasteiger partial charge in [-0.15, -0.1) is 10.2 Å². The monoisotopic (exact) mass is 495 g/mol. The molecule has 0 amide bonds. The molecule has 0 radical (unpaired) electrons. The molecule has 2 heterocycles. The highest BCUT2D eigenvalue weighted by Crippen LogP contribution is 2.30. The van der Waals surface area contributed by atoms with E-state index in [1.165, 1.54) is 24.4 Å². The molecule has 0 spiro atoms. The van der Waals surface area contributed by atoms with Crippen molar-refractivity contribution in [3.05, 3.63) is 59.8 Å². The molecule has 4 rings (SSSR count). The van der Waals surface area contributed by atoms with Crippen LogP contribution in [0.2, 0.25) is 0 Å². The van der Waals surface area contributed by atoms with E-state index < -0.39 is 15.1 Å². The van der Waals surface area contributed by atoms with Gasteiger partial charge in [-0.3, -0.25) is 0 Å². The molecule has 0 bridgehead atoms. The van der Waals surface area contributed by atoms with Crippen molar-refractivity contribution in [1.82, 2.24) is 25.5 Å². The zero-order valence-electron chi connectivity index (χ0n) is 19.3. The second-order valence-corrected chi connectivity index (χ2v) is 10.5. The first-order valence-corrected chi connectivity index (χ1v) is 12.3. The van der Waals surface area contributed by atoms with Gasteiger partial charge in [0.15, 0.2) is 21.3 Å². The average molecular weight is 496 g/mol. The molecule has 0 unspecified atom stereocenters. The average Bonchev–Trinajstić information content (AvgIpc) is 3.34. The summed E-state index contributed by atoms with van der Waals surface area (Å²) < 4.78 is 30.8. The Balaban J connectivity index is 0.00000241. The smallest absolute Gasteiger partial charge is 0.270 e. The van der Waals surface area contributed by atoms with E-state index in [2.05, 4.69) is 25.5 Å². The molecule has 0 fully saturated rings. The van der Waals surface area contributed by atoms with Gasteiger partial charge in [-0.25, -0.2) is 18.4 Å². The van der Waals surface area contributed by atoms with Gasteiger partial charge >= 0.3 is 0 Å². The van der Waals surface area contributed by atoms with Crippen LogP contribution in [0.3, 0.4) is 0 Å². The minimum absolute atomic E-state index is 0. The molecule has 0 saturated carbocycles. The second kappa shape index (κ2) is 9.61. The van der Waals surface area contributed by atoms with Crippen LogP contribution in [0.4, 0.5) is 5.82 Å². The fourth-order valence-corrected chi connectivity index (χ4v) is 4.46. The first-order chi connectivity index (χ1) is 16.7. The number of anilines is 1. The zero-order valence-corrected chi connectivity index (χ0v) is 20.2. The maximum Gasteiger partial charge on any atom is 0.270 e. The molecular formula is C24H29N7O3S. The molecule has 3 N–H and O–H groups in total. The number of hydrogen-bond acceptors (Lipinski definition) is 10. The van der Waals surface area contributed by atoms with Crippen LogP contribution in [0.25, 0.3) is 34.3 Å². The molecule has 10 nitrogen and oxygen atoms in total. The maximum atomic E-state index is 12.5. The lowest BCUT2D eigenvalue weighted by molar-refractivity contribution is 0.582. The minimum Gasteiger partial charge on any atom is -0.414 e. The summed E-state index contributed by atoms with van der Waals surface area (Å²) in [7, 11) is -1.67. The Bertz CT molecular complexity index is 1540. The van der Waals surface area contributed by atoms with Crippen LogP contribution in [0.1, 0.15) is 29.3 Å². The Kier molecular flexibility index (Phi) is 6.59. The summed E-state index contributed by atoms with van der Waals surface area (Å²) in [5.41, 5.74) is 8.91. The van der Waals surface area contributed by atoms with Crippen molar-refractivity contribution in [2.45, 2.75) is 30.5 Å². The first kappa shape index (κ1) is 24.0. The van der Waals surface area contributed by atoms with Crippen LogP contribution in [-0.4, -0.2) is 40.9 Å². The SMILES string of the molecule is CNCc1ccc(-c2nnc(-c3nc(-c4ccc(S(=O)(=O)C(C)C)cc4C#N)cnc3N)o2)cc1.[HH].[HH].[HH]. The Hall–Kier alpha value is -4.14. The fourth-order valence-electron chi connectivity index (χ4n) is 3.38. The van der Waals surface area contributed by atoms with Crippen molar-refractivity contribution in [2.75, 3.05) is 12.8 Å². The molecule has 0 aliphatic heterocycles. The van der Waals surface area contributed by atoms with Crippen LogP contribution in [-0.2, 0) is 16.4 Å². The lowest BCUT2D eigenvalue weighted by Crippen LogP contribution is -2.14. The molecule has 35 heavy (non-hydrogen) atoms. The molecule has 0 atom stereocenters. The summed E-state index contributed by atoms with van der Waals surface area (Å²) in [5, 5.41) is 20.3. The van der Waals surface area contributed by atoms with Crippen LogP contribution >= 0.6 is 0 Å². The number of nitrogen functional groups attached to an aromatic ring is 1. The van der Waals surface area contributed by atoms with Gasteiger partial charge in [-0.1, -0.05) is 18.2 Å². The molecule has 0 aliphatic carbocycles. The number of rotatable bonds is 7. The van der Waals surface area contributed by atoms with Gasteiger partial charge in [0.25, 0.3) is 5.89 Å². The molecule has 11 heteroatoms. The highest BCUT2D eigenvalue weighted by molar-refractivity contribution is 7.92. The van der Waals surface area contributed by atoms with E-state index >= 15 is 0 Å². The molecule has 4 aromatic rings. The Morgan fingerprint density at radius 3 is 2.51 bits per heavy atom. The van der Waals surface area contributed by atoms with Gasteiger partial charge in [-0.05, 0) is 50.7 Å². The summed E-state index contributed by atoms with van der Waals surface area (Å²) >= 11 is 0. The molecule has 0 aliphatic rings. The van der Waals surface area contributed by atoms with Gasteiger partial charge in [0.05, 0.1) is 33.7 Å². The maximum absolute atomic E-state index is 12.5. The summed E-state index contributed by atoms with van der Waals surface area (Å²) in [6.45, 7) is 3.91. The van der Waals surface area contributed by atoms with Crippen LogP contribution in [0, 0.1) is 11.3 Å². The van der Waals surface area contributed by atoms with Crippen molar-refractivity contribution >= 4 is 15.7 Å². The Labute approximate surface area is 207 Å². The van der Waals surface area contributed by atoms with Gasteiger partial charge in [0.2, 0.25) is 5.89 Å². The normalized spacial score (nSPS) is 11.5. The number of sulfone groups is 1. The van der Waals surface area contributed by atoms with E-state index in [-0.39, 0.29) is 32.1 Å². The number of nitriles is 1. The van der Waals surface area contributed by atoms with E-state index in [1.54, 1.807) is 13.8 Å². The van der Waals surface area contributed by atoms with E-state index in [1.807, 2.05) is 37.4 Å². The number of benzene rings is 2. The van der Waals surface area contributed by atoms with E-state index in [9.17, 15) is 13.7 Å². The number of nitrogens with zero attached hydrogens (tertiary/aromatic N) is 5. The van der Waals surface area contributed by atoms with Crippen LogP contribution < -0.4 is 11.1 Å². The third-order valence-electron chi connectivity index (χ3n) is 5.35. The highest BCUT2D eigenvalue weighted by atomic mass is 32.2. The Morgan fingerprint density at radius 1 is 1.14 bits per heavy atom. The van der Waals surface area contributed by atoms with Crippen molar-refractivity contribution in [2.24, 2.45) is 0 Å². The lowest BCUT2D eigenvalue weighted by atomic mass is 10.1. The molecule has 2 aromatic heterocycles. The third kappa shape index (κ3) is 4.75. The van der Waals surface area contributed by atoms with Crippen molar-refractivity contribution in [3.8, 4) is 40.4 Å². The number of hydrogen-bond donors (Lipinski definition) is 2. The first-order valence-electron chi connectivity index (χ1n) is 10.7.